The summed E-state index contributed by atoms with van der Waals surface area (Å²) in [6.45, 7) is -0.576. The van der Waals surface area contributed by atoms with E-state index < -0.39 is 67.7 Å². The van der Waals surface area contributed by atoms with Gasteiger partial charge in [-0.15, -0.1) is 0 Å². The second-order valence-electron chi connectivity index (χ2n) is 11.4. The van der Waals surface area contributed by atoms with Crippen molar-refractivity contribution in [3.8, 4) is 5.75 Å². The first-order valence-electron chi connectivity index (χ1n) is 14.6. The Morgan fingerprint density at radius 2 is 1.63 bits per heavy atom. The van der Waals surface area contributed by atoms with Crippen LogP contribution in [0.25, 0.3) is 0 Å². The summed E-state index contributed by atoms with van der Waals surface area (Å²) in [6, 6.07) is 6.16. The molecule has 1 atom stereocenters. The maximum Gasteiger partial charge on any atom is 0.259 e. The second-order valence-corrected chi connectivity index (χ2v) is 13.2. The number of sulfonamides is 1. The molecule has 1 aliphatic carbocycles. The highest BCUT2D eigenvalue weighted by Gasteiger charge is 2.48. The molecule has 2 aliphatic heterocycles. The summed E-state index contributed by atoms with van der Waals surface area (Å²) in [6.07, 6.45) is 7.13. The highest BCUT2D eigenvalue weighted by molar-refractivity contribution is 7.89. The molecule has 2 aromatic carbocycles. The number of fused-ring (bicyclic) bond motifs is 1. The number of anilines is 1. The predicted octanol–water partition coefficient (Wildman–Crippen LogP) is 4.57. The van der Waals surface area contributed by atoms with Crippen LogP contribution in [0.4, 0.5) is 23.2 Å². The van der Waals surface area contributed by atoms with Crippen LogP contribution in [-0.2, 0) is 21.4 Å². The van der Waals surface area contributed by atoms with E-state index in [1.807, 2.05) is 6.07 Å². The molecule has 2 fully saturated rings. The fourth-order valence-corrected chi connectivity index (χ4v) is 7.92. The van der Waals surface area contributed by atoms with E-state index in [4.69, 9.17) is 0 Å². The van der Waals surface area contributed by atoms with Crippen molar-refractivity contribution >= 4 is 33.4 Å². The number of nitrogens with zero attached hydrogens (tertiary/aromatic N) is 3. The molecule has 1 N–H and O–H groups in total. The molecule has 15 heteroatoms. The number of rotatable bonds is 8. The summed E-state index contributed by atoms with van der Waals surface area (Å²) in [5, 5.41) is 2.16. The van der Waals surface area contributed by atoms with Gasteiger partial charge in [0.15, 0.2) is 22.3 Å². The summed E-state index contributed by atoms with van der Waals surface area (Å²) in [7, 11) is -4.53. The van der Waals surface area contributed by atoms with Gasteiger partial charge < -0.3 is 9.64 Å². The van der Waals surface area contributed by atoms with E-state index >= 15 is 0 Å². The number of hydrogen-bond donors (Lipinski definition) is 1. The highest BCUT2D eigenvalue weighted by atomic mass is 32.2. The van der Waals surface area contributed by atoms with Gasteiger partial charge in [0.1, 0.15) is 6.04 Å². The van der Waals surface area contributed by atoms with E-state index in [-0.39, 0.29) is 36.3 Å². The second kappa shape index (κ2) is 12.1. The number of methoxy groups -OCH3 is 1. The number of nitrogens with one attached hydrogen (secondary N) is 1. The van der Waals surface area contributed by atoms with Gasteiger partial charge in [0, 0.05) is 18.4 Å². The van der Waals surface area contributed by atoms with Gasteiger partial charge >= 0.3 is 0 Å². The van der Waals surface area contributed by atoms with E-state index in [0.717, 1.165) is 43.3 Å². The van der Waals surface area contributed by atoms with Gasteiger partial charge in [-0.1, -0.05) is 25.3 Å². The van der Waals surface area contributed by atoms with Crippen LogP contribution in [0.1, 0.15) is 76.4 Å². The molecule has 46 heavy (non-hydrogen) atoms. The standard InChI is InChI=1S/C31H28F4N4O6S/c1-45-27-23(32)25(34)28(26(35)24(27)33)46(43,44)39-12-11-22(39)31(42)38(19-9-10-20-21(13-19)30(41)37-29(20)40)15-18-8-7-17(14-36-18)16-5-3-2-4-6-16/h7-10,13-14,16,22H,2-6,11-12,15H2,1H3,(H,37,40,41). The van der Waals surface area contributed by atoms with Crippen LogP contribution < -0.4 is 15.0 Å². The summed E-state index contributed by atoms with van der Waals surface area (Å²) in [5.41, 5.74) is 1.66. The van der Waals surface area contributed by atoms with Gasteiger partial charge in [0.25, 0.3) is 11.8 Å². The van der Waals surface area contributed by atoms with Gasteiger partial charge in [-0.05, 0) is 55.0 Å². The Hall–Kier alpha value is -4.37. The zero-order valence-corrected chi connectivity index (χ0v) is 25.3. The van der Waals surface area contributed by atoms with Gasteiger partial charge in [-0.2, -0.15) is 13.1 Å². The molecule has 3 aromatic rings. The van der Waals surface area contributed by atoms with Crippen molar-refractivity contribution in [3.05, 3.63) is 82.2 Å². The third kappa shape index (κ3) is 5.30. The quantitative estimate of drug-likeness (QED) is 0.213. The van der Waals surface area contributed by atoms with Crippen molar-refractivity contribution in [2.45, 2.75) is 61.9 Å². The predicted molar refractivity (Wildman–Crippen MR) is 155 cm³/mol. The first-order valence-corrected chi connectivity index (χ1v) is 16.1. The smallest absolute Gasteiger partial charge is 0.259 e. The zero-order valence-electron chi connectivity index (χ0n) is 24.5. The van der Waals surface area contributed by atoms with E-state index in [1.54, 1.807) is 12.3 Å². The van der Waals surface area contributed by atoms with E-state index in [0.29, 0.717) is 15.9 Å². The largest absolute Gasteiger partial charge is 0.491 e. The molecule has 1 unspecified atom stereocenters. The first kappa shape index (κ1) is 31.6. The number of ether oxygens (including phenoxy) is 1. The Labute approximate surface area is 261 Å². The van der Waals surface area contributed by atoms with Gasteiger partial charge in [0.2, 0.25) is 27.6 Å². The lowest BCUT2D eigenvalue weighted by Gasteiger charge is -2.41. The topological polar surface area (TPSA) is 126 Å². The molecule has 1 saturated heterocycles. The number of aromatic nitrogens is 1. The molecule has 1 aromatic heterocycles. The van der Waals surface area contributed by atoms with Crippen LogP contribution >= 0.6 is 0 Å². The average Bonchev–Trinajstić information content (AvgIpc) is 3.31. The summed E-state index contributed by atoms with van der Waals surface area (Å²) in [4.78, 5) is 42.4. The third-order valence-electron chi connectivity index (χ3n) is 8.75. The molecule has 3 amide bonds. The minimum Gasteiger partial charge on any atom is -0.491 e. The Morgan fingerprint density at radius 3 is 2.22 bits per heavy atom. The fourth-order valence-electron chi connectivity index (χ4n) is 6.18. The minimum absolute atomic E-state index is 0.00711. The number of benzene rings is 2. The minimum atomic E-state index is -5.28. The number of amides is 3. The Kier molecular flexibility index (Phi) is 8.31. The summed E-state index contributed by atoms with van der Waals surface area (Å²) in [5.74, 6) is -11.7. The number of carbonyl (C=O) groups is 3. The van der Waals surface area contributed by atoms with E-state index in [9.17, 15) is 40.4 Å². The monoisotopic (exact) mass is 660 g/mol. The molecule has 3 heterocycles. The van der Waals surface area contributed by atoms with Crippen molar-refractivity contribution in [2.24, 2.45) is 0 Å². The van der Waals surface area contributed by atoms with Crippen LogP contribution in [0.3, 0.4) is 0 Å². The number of imide groups is 1. The normalized spacial score (nSPS) is 18.6. The van der Waals surface area contributed by atoms with Crippen molar-refractivity contribution in [1.82, 2.24) is 14.6 Å². The zero-order chi connectivity index (χ0) is 32.9. The Bertz CT molecular complexity index is 1840. The van der Waals surface area contributed by atoms with Gasteiger partial charge in [0.05, 0.1) is 30.5 Å². The molecule has 6 rings (SSSR count). The molecule has 0 spiro atoms. The van der Waals surface area contributed by atoms with Crippen LogP contribution in [0.5, 0.6) is 5.75 Å². The Morgan fingerprint density at radius 1 is 0.957 bits per heavy atom. The lowest BCUT2D eigenvalue weighted by atomic mass is 9.85. The fraction of sp³-hybridized carbons (Fsp3) is 0.355. The summed E-state index contributed by atoms with van der Waals surface area (Å²) < 4.78 is 90.3. The molecule has 242 valence electrons. The molecule has 0 bridgehead atoms. The number of carbonyl (C=O) groups excluding carboxylic acids is 3. The van der Waals surface area contributed by atoms with Crippen LogP contribution in [-0.4, -0.2) is 55.1 Å². The van der Waals surface area contributed by atoms with Crippen molar-refractivity contribution in [2.75, 3.05) is 18.6 Å². The molecule has 1 saturated carbocycles. The maximum absolute atomic E-state index is 14.9. The van der Waals surface area contributed by atoms with Crippen molar-refractivity contribution < 1.29 is 45.1 Å². The van der Waals surface area contributed by atoms with E-state index in [1.165, 1.54) is 24.6 Å². The molecule has 3 aliphatic rings. The SMILES string of the molecule is COc1c(F)c(F)c(S(=O)(=O)N2CCC2C(=O)N(Cc2ccc(C3CCCCC3)cn2)c2ccc3c(c2)C(=O)NC3=O)c(F)c1F. The number of halogens is 4. The van der Waals surface area contributed by atoms with Crippen LogP contribution in [0.2, 0.25) is 0 Å². The van der Waals surface area contributed by atoms with Crippen LogP contribution in [0.15, 0.2) is 41.4 Å². The van der Waals surface area contributed by atoms with E-state index in [2.05, 4.69) is 15.0 Å². The molecular formula is C31H28F4N4O6S. The van der Waals surface area contributed by atoms with Crippen molar-refractivity contribution in [1.29, 1.82) is 0 Å². The lowest BCUT2D eigenvalue weighted by Crippen LogP contribution is -2.59. The van der Waals surface area contributed by atoms with Gasteiger partial charge in [-0.25, -0.2) is 17.2 Å². The summed E-state index contributed by atoms with van der Waals surface area (Å²) >= 11 is 0. The number of pyridine rings is 1. The Balaban J connectivity index is 1.35. The molecule has 0 radical (unpaired) electrons. The average molecular weight is 661 g/mol. The van der Waals surface area contributed by atoms with Crippen LogP contribution in [0, 0.1) is 23.3 Å². The molecule has 10 nitrogen and oxygen atoms in total. The van der Waals surface area contributed by atoms with Gasteiger partial charge in [-0.3, -0.25) is 24.7 Å². The molecular weight excluding hydrogens is 632 g/mol. The lowest BCUT2D eigenvalue weighted by molar-refractivity contribution is -0.125. The first-order chi connectivity index (χ1) is 21.9. The van der Waals surface area contributed by atoms with Crippen molar-refractivity contribution in [3.63, 3.8) is 0 Å². The maximum atomic E-state index is 14.9. The number of hydrogen-bond acceptors (Lipinski definition) is 7. The highest BCUT2D eigenvalue weighted by Crippen LogP contribution is 2.38. The third-order valence-corrected chi connectivity index (χ3v) is 10.7.